The Morgan fingerprint density at radius 1 is 1.24 bits per heavy atom. The Labute approximate surface area is 145 Å². The molecule has 1 saturated heterocycles. The standard InChI is InChI=1S/C19H21FN2O3/c1-12-16(7-8-18(23)21-12)19(24)22(2)15-9-10-25-17(11-15)13-3-5-14(20)6-4-13/h3-8,15,17H,9-11H2,1-2H3,(H,21,23)/t15-,17-/m1/s1. The summed E-state index contributed by atoms with van der Waals surface area (Å²) in [5.41, 5.74) is 1.74. The molecule has 1 fully saturated rings. The van der Waals surface area contributed by atoms with E-state index in [4.69, 9.17) is 4.74 Å². The van der Waals surface area contributed by atoms with Gasteiger partial charge in [0.05, 0.1) is 11.7 Å². The molecule has 2 aromatic rings. The number of amides is 1. The van der Waals surface area contributed by atoms with Crippen molar-refractivity contribution in [2.24, 2.45) is 0 Å². The smallest absolute Gasteiger partial charge is 0.255 e. The molecule has 1 aliphatic rings. The fraction of sp³-hybridized carbons (Fsp3) is 0.368. The van der Waals surface area contributed by atoms with Crippen LogP contribution in [0.15, 0.2) is 41.2 Å². The van der Waals surface area contributed by atoms with Crippen molar-refractivity contribution in [1.82, 2.24) is 9.88 Å². The molecule has 0 spiro atoms. The summed E-state index contributed by atoms with van der Waals surface area (Å²) in [4.78, 5) is 28.5. The number of ether oxygens (including phenoxy) is 1. The summed E-state index contributed by atoms with van der Waals surface area (Å²) in [5, 5.41) is 0. The second-order valence-electron chi connectivity index (χ2n) is 6.37. The zero-order valence-corrected chi connectivity index (χ0v) is 14.3. The van der Waals surface area contributed by atoms with Crippen molar-refractivity contribution < 1.29 is 13.9 Å². The van der Waals surface area contributed by atoms with Gasteiger partial charge in [-0.3, -0.25) is 9.59 Å². The third-order valence-corrected chi connectivity index (χ3v) is 4.71. The number of hydrogen-bond acceptors (Lipinski definition) is 3. The van der Waals surface area contributed by atoms with Gasteiger partial charge in [0.15, 0.2) is 0 Å². The van der Waals surface area contributed by atoms with Crippen LogP contribution in [0.4, 0.5) is 4.39 Å². The highest BCUT2D eigenvalue weighted by molar-refractivity contribution is 5.95. The largest absolute Gasteiger partial charge is 0.373 e. The van der Waals surface area contributed by atoms with E-state index in [1.807, 2.05) is 0 Å². The summed E-state index contributed by atoms with van der Waals surface area (Å²) in [6.07, 6.45) is 1.23. The maximum Gasteiger partial charge on any atom is 0.255 e. The number of benzene rings is 1. The number of halogens is 1. The number of aromatic amines is 1. The molecule has 0 aliphatic carbocycles. The van der Waals surface area contributed by atoms with Crippen LogP contribution in [-0.4, -0.2) is 35.5 Å². The molecule has 1 aromatic heterocycles. The molecule has 0 unspecified atom stereocenters. The molecule has 0 bridgehead atoms. The summed E-state index contributed by atoms with van der Waals surface area (Å²) >= 11 is 0. The number of aryl methyl sites for hydroxylation is 1. The van der Waals surface area contributed by atoms with Crippen molar-refractivity contribution in [2.45, 2.75) is 31.9 Å². The fourth-order valence-corrected chi connectivity index (χ4v) is 3.21. The Bertz CT molecular complexity index is 816. The van der Waals surface area contributed by atoms with Gasteiger partial charge in [-0.2, -0.15) is 0 Å². The number of hydrogen-bond donors (Lipinski definition) is 1. The molecule has 2 atom stereocenters. The Kier molecular flexibility index (Phi) is 4.99. The molecule has 25 heavy (non-hydrogen) atoms. The zero-order valence-electron chi connectivity index (χ0n) is 14.3. The molecule has 6 heteroatoms. The van der Waals surface area contributed by atoms with Crippen LogP contribution in [0.1, 0.15) is 40.6 Å². The Morgan fingerprint density at radius 3 is 2.64 bits per heavy atom. The van der Waals surface area contributed by atoms with E-state index in [9.17, 15) is 14.0 Å². The molecule has 1 N–H and O–H groups in total. The monoisotopic (exact) mass is 344 g/mol. The topological polar surface area (TPSA) is 62.4 Å². The maximum absolute atomic E-state index is 13.1. The quantitative estimate of drug-likeness (QED) is 0.931. The van der Waals surface area contributed by atoms with E-state index in [2.05, 4.69) is 4.98 Å². The first-order chi connectivity index (χ1) is 12.0. The normalized spacial score (nSPS) is 20.3. The lowest BCUT2D eigenvalue weighted by Gasteiger charge is -2.36. The minimum Gasteiger partial charge on any atom is -0.373 e. The first-order valence-electron chi connectivity index (χ1n) is 8.30. The van der Waals surface area contributed by atoms with Crippen LogP contribution in [0.5, 0.6) is 0 Å². The Morgan fingerprint density at radius 2 is 1.96 bits per heavy atom. The predicted molar refractivity (Wildman–Crippen MR) is 92.0 cm³/mol. The van der Waals surface area contributed by atoms with Gasteiger partial charge in [0, 0.05) is 31.5 Å². The van der Waals surface area contributed by atoms with Crippen molar-refractivity contribution in [3.05, 3.63) is 69.4 Å². The van der Waals surface area contributed by atoms with Gasteiger partial charge in [0.2, 0.25) is 5.56 Å². The molecule has 0 radical (unpaired) electrons. The van der Waals surface area contributed by atoms with Crippen LogP contribution < -0.4 is 5.56 Å². The highest BCUT2D eigenvalue weighted by Gasteiger charge is 2.29. The molecule has 1 aliphatic heterocycles. The van der Waals surface area contributed by atoms with E-state index >= 15 is 0 Å². The molecule has 3 rings (SSSR count). The SMILES string of the molecule is Cc1[nH]c(=O)ccc1C(=O)N(C)[C@@H]1CCO[C@@H](c2ccc(F)cc2)C1. The molecular formula is C19H21FN2O3. The van der Waals surface area contributed by atoms with E-state index in [1.165, 1.54) is 18.2 Å². The fourth-order valence-electron chi connectivity index (χ4n) is 3.21. The number of H-pyrrole nitrogens is 1. The lowest BCUT2D eigenvalue weighted by atomic mass is 9.96. The molecule has 132 valence electrons. The second-order valence-corrected chi connectivity index (χ2v) is 6.37. The summed E-state index contributed by atoms with van der Waals surface area (Å²) < 4.78 is 18.9. The van der Waals surface area contributed by atoms with E-state index in [0.29, 0.717) is 24.3 Å². The van der Waals surface area contributed by atoms with Crippen LogP contribution in [0.3, 0.4) is 0 Å². The van der Waals surface area contributed by atoms with Crippen LogP contribution in [0.2, 0.25) is 0 Å². The van der Waals surface area contributed by atoms with Crippen molar-refractivity contribution in [2.75, 3.05) is 13.7 Å². The lowest BCUT2D eigenvalue weighted by molar-refractivity contribution is -0.0197. The molecule has 1 amide bonds. The molecular weight excluding hydrogens is 323 g/mol. The number of pyridine rings is 1. The van der Waals surface area contributed by atoms with Crippen molar-refractivity contribution in [3.8, 4) is 0 Å². The van der Waals surface area contributed by atoms with Crippen molar-refractivity contribution in [3.63, 3.8) is 0 Å². The van der Waals surface area contributed by atoms with Gasteiger partial charge in [-0.25, -0.2) is 4.39 Å². The lowest BCUT2D eigenvalue weighted by Crippen LogP contribution is -2.41. The highest BCUT2D eigenvalue weighted by Crippen LogP contribution is 2.30. The van der Waals surface area contributed by atoms with Gasteiger partial charge in [-0.15, -0.1) is 0 Å². The Hall–Kier alpha value is -2.47. The van der Waals surface area contributed by atoms with Crippen molar-refractivity contribution >= 4 is 5.91 Å². The summed E-state index contributed by atoms with van der Waals surface area (Å²) in [6, 6.07) is 9.21. The number of aromatic nitrogens is 1. The van der Waals surface area contributed by atoms with Crippen LogP contribution >= 0.6 is 0 Å². The van der Waals surface area contributed by atoms with Crippen LogP contribution in [0, 0.1) is 12.7 Å². The van der Waals surface area contributed by atoms with Gasteiger partial charge in [0.1, 0.15) is 5.82 Å². The average molecular weight is 344 g/mol. The molecule has 2 heterocycles. The molecule has 5 nitrogen and oxygen atoms in total. The van der Waals surface area contributed by atoms with Crippen molar-refractivity contribution in [1.29, 1.82) is 0 Å². The first kappa shape index (κ1) is 17.4. The number of nitrogens with zero attached hydrogens (tertiary/aromatic N) is 1. The summed E-state index contributed by atoms with van der Waals surface area (Å²) in [5.74, 6) is -0.407. The molecule has 1 aromatic carbocycles. The van der Waals surface area contributed by atoms with Gasteiger partial charge < -0.3 is 14.6 Å². The summed E-state index contributed by atoms with van der Waals surface area (Å²) in [6.45, 7) is 2.25. The first-order valence-corrected chi connectivity index (χ1v) is 8.30. The summed E-state index contributed by atoms with van der Waals surface area (Å²) in [7, 11) is 1.77. The average Bonchev–Trinajstić information content (AvgIpc) is 2.61. The van der Waals surface area contributed by atoms with Crippen LogP contribution in [0.25, 0.3) is 0 Å². The number of nitrogens with one attached hydrogen (secondary N) is 1. The minimum atomic E-state index is -0.281. The maximum atomic E-state index is 13.1. The van der Waals surface area contributed by atoms with Gasteiger partial charge in [-0.05, 0) is 43.5 Å². The van der Waals surface area contributed by atoms with E-state index in [-0.39, 0.29) is 29.4 Å². The number of rotatable bonds is 3. The third kappa shape index (κ3) is 3.79. The van der Waals surface area contributed by atoms with Gasteiger partial charge >= 0.3 is 0 Å². The number of carbonyl (C=O) groups is 1. The van der Waals surface area contributed by atoms with Crippen LogP contribution in [-0.2, 0) is 4.74 Å². The van der Waals surface area contributed by atoms with E-state index in [1.54, 1.807) is 37.1 Å². The highest BCUT2D eigenvalue weighted by atomic mass is 19.1. The third-order valence-electron chi connectivity index (χ3n) is 4.71. The predicted octanol–water partition coefficient (Wildman–Crippen LogP) is 2.81. The Balaban J connectivity index is 1.75. The number of carbonyl (C=O) groups excluding carboxylic acids is 1. The van der Waals surface area contributed by atoms with Gasteiger partial charge in [0.25, 0.3) is 5.91 Å². The molecule has 0 saturated carbocycles. The minimum absolute atomic E-state index is 0.0163. The zero-order chi connectivity index (χ0) is 18.0. The van der Waals surface area contributed by atoms with E-state index < -0.39 is 0 Å². The van der Waals surface area contributed by atoms with Gasteiger partial charge in [-0.1, -0.05) is 12.1 Å². The van der Waals surface area contributed by atoms with E-state index in [0.717, 1.165) is 12.0 Å². The second kappa shape index (κ2) is 7.19.